The van der Waals surface area contributed by atoms with E-state index in [-0.39, 0.29) is 21.2 Å². The van der Waals surface area contributed by atoms with Gasteiger partial charge in [-0.25, -0.2) is 13.2 Å². The second-order valence-corrected chi connectivity index (χ2v) is 6.40. The van der Waals surface area contributed by atoms with Gasteiger partial charge in [-0.3, -0.25) is 4.72 Å². The van der Waals surface area contributed by atoms with Crippen LogP contribution in [0.4, 0.5) is 5.69 Å². The monoisotopic (exact) mass is 325 g/mol. The molecule has 0 radical (unpaired) electrons. The number of aromatic carboxylic acids is 1. The number of hydrogen-bond acceptors (Lipinski definition) is 3. The number of sulfonamides is 1. The number of carboxylic acids is 1. The maximum absolute atomic E-state index is 12.3. The summed E-state index contributed by atoms with van der Waals surface area (Å²) in [7, 11) is -3.96. The van der Waals surface area contributed by atoms with E-state index in [1.54, 1.807) is 25.1 Å². The minimum absolute atomic E-state index is 0.00224. The first-order valence-electron chi connectivity index (χ1n) is 5.93. The number of anilines is 1. The van der Waals surface area contributed by atoms with Gasteiger partial charge in [0, 0.05) is 0 Å². The van der Waals surface area contributed by atoms with Crippen LogP contribution < -0.4 is 4.72 Å². The summed E-state index contributed by atoms with van der Waals surface area (Å²) >= 11 is 5.87. The van der Waals surface area contributed by atoms with Crippen molar-refractivity contribution in [2.24, 2.45) is 0 Å². The molecule has 0 fully saturated rings. The van der Waals surface area contributed by atoms with Crippen LogP contribution in [0.15, 0.2) is 47.4 Å². The molecule has 0 spiro atoms. The van der Waals surface area contributed by atoms with Crippen LogP contribution in [0.2, 0.25) is 5.02 Å². The number of aryl methyl sites for hydroxylation is 1. The highest BCUT2D eigenvalue weighted by molar-refractivity contribution is 7.92. The lowest BCUT2D eigenvalue weighted by atomic mass is 10.1. The summed E-state index contributed by atoms with van der Waals surface area (Å²) in [6.07, 6.45) is 0. The van der Waals surface area contributed by atoms with Gasteiger partial charge in [0.05, 0.1) is 16.3 Å². The van der Waals surface area contributed by atoms with Gasteiger partial charge in [-0.05, 0) is 30.7 Å². The Morgan fingerprint density at radius 2 is 1.81 bits per heavy atom. The van der Waals surface area contributed by atoms with Crippen LogP contribution in [-0.2, 0) is 10.0 Å². The number of hydrogen-bond donors (Lipinski definition) is 2. The molecular formula is C14H12ClNO4S. The van der Waals surface area contributed by atoms with Crippen LogP contribution in [-0.4, -0.2) is 19.5 Å². The van der Waals surface area contributed by atoms with E-state index in [0.29, 0.717) is 5.56 Å². The van der Waals surface area contributed by atoms with Crippen LogP contribution in [0.3, 0.4) is 0 Å². The molecule has 0 saturated heterocycles. The average molecular weight is 326 g/mol. The quantitative estimate of drug-likeness (QED) is 0.904. The smallest absolute Gasteiger partial charge is 0.338 e. The molecule has 2 aromatic rings. The van der Waals surface area contributed by atoms with E-state index in [4.69, 9.17) is 11.6 Å². The lowest BCUT2D eigenvalue weighted by Crippen LogP contribution is -2.16. The number of rotatable bonds is 4. The predicted octanol–water partition coefficient (Wildman–Crippen LogP) is 3.15. The van der Waals surface area contributed by atoms with E-state index >= 15 is 0 Å². The fraction of sp³-hybridized carbons (Fsp3) is 0.0714. The van der Waals surface area contributed by atoms with Gasteiger partial charge < -0.3 is 5.11 Å². The molecular weight excluding hydrogens is 314 g/mol. The molecule has 110 valence electrons. The summed E-state index contributed by atoms with van der Waals surface area (Å²) in [6, 6.07) is 10.5. The minimum atomic E-state index is -3.96. The molecule has 21 heavy (non-hydrogen) atoms. The van der Waals surface area contributed by atoms with E-state index in [0.717, 1.165) is 0 Å². The van der Waals surface area contributed by atoms with Crippen molar-refractivity contribution in [3.8, 4) is 0 Å². The number of benzene rings is 2. The Kier molecular flexibility index (Phi) is 4.20. The SMILES string of the molecule is Cc1cccc(NS(=O)(=O)c2ccccc2Cl)c1C(=O)O. The highest BCUT2D eigenvalue weighted by Gasteiger charge is 2.21. The van der Waals surface area contributed by atoms with Gasteiger partial charge in [0.15, 0.2) is 0 Å². The van der Waals surface area contributed by atoms with Crippen molar-refractivity contribution < 1.29 is 18.3 Å². The van der Waals surface area contributed by atoms with Crippen LogP contribution in [0.5, 0.6) is 0 Å². The Balaban J connectivity index is 2.50. The first-order valence-corrected chi connectivity index (χ1v) is 7.79. The largest absolute Gasteiger partial charge is 0.478 e. The van der Waals surface area contributed by atoms with Crippen LogP contribution in [0, 0.1) is 6.92 Å². The number of carboxylic acid groups (broad SMARTS) is 1. The van der Waals surface area contributed by atoms with E-state index in [9.17, 15) is 18.3 Å². The Labute approximate surface area is 127 Å². The molecule has 0 aliphatic heterocycles. The van der Waals surface area contributed by atoms with E-state index in [2.05, 4.69) is 4.72 Å². The summed E-state index contributed by atoms with van der Waals surface area (Å²) in [5.74, 6) is -1.20. The number of nitrogens with one attached hydrogen (secondary N) is 1. The van der Waals surface area contributed by atoms with Crippen molar-refractivity contribution in [2.45, 2.75) is 11.8 Å². The van der Waals surface area contributed by atoms with Crippen LogP contribution in [0.1, 0.15) is 15.9 Å². The highest BCUT2D eigenvalue weighted by Crippen LogP contribution is 2.26. The van der Waals surface area contributed by atoms with Gasteiger partial charge in [-0.2, -0.15) is 0 Å². The Morgan fingerprint density at radius 3 is 2.43 bits per heavy atom. The zero-order valence-electron chi connectivity index (χ0n) is 11.0. The van der Waals surface area contributed by atoms with Crippen molar-refractivity contribution in [2.75, 3.05) is 4.72 Å². The standard InChI is InChI=1S/C14H12ClNO4S/c1-9-5-4-7-11(13(9)14(17)18)16-21(19,20)12-8-3-2-6-10(12)15/h2-8,16H,1H3,(H,17,18). The van der Waals surface area contributed by atoms with Gasteiger partial charge in [0.25, 0.3) is 10.0 Å². The third kappa shape index (κ3) is 3.17. The Morgan fingerprint density at radius 1 is 1.14 bits per heavy atom. The molecule has 0 saturated carbocycles. The Bertz CT molecular complexity index is 802. The summed E-state index contributed by atoms with van der Waals surface area (Å²) < 4.78 is 26.9. The normalized spacial score (nSPS) is 11.1. The third-order valence-electron chi connectivity index (χ3n) is 2.86. The Hall–Kier alpha value is -2.05. The van der Waals surface area contributed by atoms with E-state index in [1.807, 2.05) is 0 Å². The third-order valence-corrected chi connectivity index (χ3v) is 4.72. The second-order valence-electron chi connectivity index (χ2n) is 4.34. The summed E-state index contributed by atoms with van der Waals surface area (Å²) in [5.41, 5.74) is 0.373. The second kappa shape index (κ2) is 5.75. The van der Waals surface area contributed by atoms with Gasteiger partial charge >= 0.3 is 5.97 Å². The summed E-state index contributed by atoms with van der Waals surface area (Å²) in [6.45, 7) is 1.59. The topological polar surface area (TPSA) is 83.5 Å². The molecule has 0 aliphatic carbocycles. The van der Waals surface area contributed by atoms with E-state index in [1.165, 1.54) is 24.3 Å². The molecule has 5 nitrogen and oxygen atoms in total. The number of carbonyl (C=O) groups is 1. The maximum Gasteiger partial charge on any atom is 0.338 e. The van der Waals surface area contributed by atoms with Crippen molar-refractivity contribution in [1.82, 2.24) is 0 Å². The van der Waals surface area contributed by atoms with Crippen LogP contribution in [0.25, 0.3) is 0 Å². The highest BCUT2D eigenvalue weighted by atomic mass is 35.5. The summed E-state index contributed by atoms with van der Waals surface area (Å²) in [4.78, 5) is 11.2. The zero-order valence-corrected chi connectivity index (χ0v) is 12.6. The maximum atomic E-state index is 12.3. The van der Waals surface area contributed by atoms with Gasteiger partial charge in [-0.15, -0.1) is 0 Å². The molecule has 0 heterocycles. The fourth-order valence-corrected chi connectivity index (χ4v) is 3.49. The predicted molar refractivity (Wildman–Crippen MR) is 80.4 cm³/mol. The van der Waals surface area contributed by atoms with Crippen molar-refractivity contribution in [3.63, 3.8) is 0 Å². The summed E-state index contributed by atoms with van der Waals surface area (Å²) in [5, 5.41) is 9.27. The fourth-order valence-electron chi connectivity index (χ4n) is 1.90. The zero-order chi connectivity index (χ0) is 15.6. The molecule has 0 aliphatic rings. The molecule has 0 aromatic heterocycles. The van der Waals surface area contributed by atoms with Gasteiger partial charge in [0.1, 0.15) is 4.90 Å². The molecule has 0 amide bonds. The molecule has 0 atom stereocenters. The average Bonchev–Trinajstić information content (AvgIpc) is 2.38. The molecule has 2 N–H and O–H groups in total. The molecule has 7 heteroatoms. The van der Waals surface area contributed by atoms with Crippen molar-refractivity contribution in [1.29, 1.82) is 0 Å². The van der Waals surface area contributed by atoms with Gasteiger partial charge in [0.2, 0.25) is 0 Å². The molecule has 0 bridgehead atoms. The molecule has 2 aromatic carbocycles. The lowest BCUT2D eigenvalue weighted by Gasteiger charge is -2.12. The van der Waals surface area contributed by atoms with Crippen molar-refractivity contribution >= 4 is 33.3 Å². The molecule has 0 unspecified atom stereocenters. The number of halogens is 1. The van der Waals surface area contributed by atoms with E-state index < -0.39 is 16.0 Å². The van der Waals surface area contributed by atoms with Crippen molar-refractivity contribution in [3.05, 3.63) is 58.6 Å². The lowest BCUT2D eigenvalue weighted by molar-refractivity contribution is 0.0697. The van der Waals surface area contributed by atoms with Gasteiger partial charge in [-0.1, -0.05) is 35.9 Å². The first kappa shape index (κ1) is 15.3. The van der Waals surface area contributed by atoms with Crippen LogP contribution >= 0.6 is 11.6 Å². The minimum Gasteiger partial charge on any atom is -0.478 e. The molecule has 2 rings (SSSR count). The first-order chi connectivity index (χ1) is 9.83.